The lowest BCUT2D eigenvalue weighted by molar-refractivity contribution is -0.143. The van der Waals surface area contributed by atoms with Gasteiger partial charge in [-0.1, -0.05) is 18.6 Å². The van der Waals surface area contributed by atoms with E-state index in [0.29, 0.717) is 35.3 Å². The Bertz CT molecular complexity index is 1210. The minimum Gasteiger partial charge on any atom is -0.348 e. The van der Waals surface area contributed by atoms with Crippen molar-refractivity contribution in [3.63, 3.8) is 0 Å². The van der Waals surface area contributed by atoms with Crippen LogP contribution in [0.1, 0.15) is 47.3 Å². The fourth-order valence-corrected chi connectivity index (χ4v) is 5.27. The van der Waals surface area contributed by atoms with Gasteiger partial charge in [-0.25, -0.2) is 4.98 Å². The molecule has 2 aromatic carbocycles. The van der Waals surface area contributed by atoms with Gasteiger partial charge >= 0.3 is 12.4 Å². The maximum atomic E-state index is 13.2. The molecule has 1 amide bonds. The molecule has 0 aliphatic heterocycles. The highest BCUT2D eigenvalue weighted by Gasteiger charge is 2.40. The van der Waals surface area contributed by atoms with Crippen molar-refractivity contribution in [2.75, 3.05) is 0 Å². The molecule has 35 heavy (non-hydrogen) atoms. The third-order valence-corrected chi connectivity index (χ3v) is 6.99. The van der Waals surface area contributed by atoms with Crippen LogP contribution in [0.25, 0.3) is 16.8 Å². The first-order chi connectivity index (χ1) is 16.5. The highest BCUT2D eigenvalue weighted by Crippen LogP contribution is 2.44. The number of rotatable bonds is 4. The number of aromatic nitrogens is 2. The lowest BCUT2D eigenvalue weighted by atomic mass is 9.95. The van der Waals surface area contributed by atoms with Crippen molar-refractivity contribution in [1.29, 1.82) is 0 Å². The van der Waals surface area contributed by atoms with Crippen LogP contribution in [0.15, 0.2) is 55.0 Å². The van der Waals surface area contributed by atoms with Crippen molar-refractivity contribution < 1.29 is 31.1 Å². The summed E-state index contributed by atoms with van der Waals surface area (Å²) in [6.07, 6.45) is -2.55. The molecule has 0 spiro atoms. The number of nitrogens with one attached hydrogen (secondary N) is 1. The first-order valence-electron chi connectivity index (χ1n) is 11.2. The van der Waals surface area contributed by atoms with E-state index in [1.165, 1.54) is 43.2 Å². The Hall–Kier alpha value is -3.30. The van der Waals surface area contributed by atoms with Crippen molar-refractivity contribution in [3.8, 4) is 16.8 Å². The summed E-state index contributed by atoms with van der Waals surface area (Å²) < 4.78 is 80.7. The Morgan fingerprint density at radius 1 is 0.886 bits per heavy atom. The van der Waals surface area contributed by atoms with E-state index < -0.39 is 23.5 Å². The number of carbonyl (C=O) groups excluding carboxylic acids is 1. The number of amides is 1. The summed E-state index contributed by atoms with van der Waals surface area (Å²) in [4.78, 5) is 17.0. The molecule has 1 heterocycles. The van der Waals surface area contributed by atoms with Gasteiger partial charge in [-0.2, -0.15) is 26.3 Å². The van der Waals surface area contributed by atoms with Crippen LogP contribution in [0.5, 0.6) is 0 Å². The van der Waals surface area contributed by atoms with E-state index in [0.717, 1.165) is 19.3 Å². The summed E-state index contributed by atoms with van der Waals surface area (Å²) in [6.45, 7) is 0. The number of hydrogen-bond acceptors (Lipinski definition) is 2. The van der Waals surface area contributed by atoms with Crippen LogP contribution in [0.3, 0.4) is 0 Å². The van der Waals surface area contributed by atoms with Crippen LogP contribution in [0.4, 0.5) is 26.3 Å². The lowest BCUT2D eigenvalue weighted by Crippen LogP contribution is -2.39. The van der Waals surface area contributed by atoms with Gasteiger partial charge in [-0.3, -0.25) is 9.36 Å². The van der Waals surface area contributed by atoms with Gasteiger partial charge in [0.1, 0.15) is 5.69 Å². The van der Waals surface area contributed by atoms with Crippen LogP contribution in [0, 0.1) is 11.8 Å². The largest absolute Gasteiger partial charge is 0.416 e. The standard InChI is InChI=1S/C25H21F6N3O/c26-24(27,28)18-9-17(10-19(11-18)25(29,30)31)15-3-5-20(6-4-15)34-13-32-12-22(34)23(35)33-21-8-14-1-2-16(21)7-14/h3-6,9-14,16,21H,1-2,7-8H2,(H,33,35)/t14-,16-,21-/m0/s1. The van der Waals surface area contributed by atoms with Gasteiger partial charge in [0.25, 0.3) is 5.91 Å². The quantitative estimate of drug-likeness (QED) is 0.422. The van der Waals surface area contributed by atoms with E-state index in [4.69, 9.17) is 0 Å². The molecule has 0 unspecified atom stereocenters. The molecule has 1 N–H and O–H groups in total. The van der Waals surface area contributed by atoms with Gasteiger partial charge in [-0.15, -0.1) is 0 Å². The molecular weight excluding hydrogens is 472 g/mol. The third-order valence-electron chi connectivity index (χ3n) is 6.99. The summed E-state index contributed by atoms with van der Waals surface area (Å²) >= 11 is 0. The first-order valence-corrected chi connectivity index (χ1v) is 11.2. The van der Waals surface area contributed by atoms with Crippen molar-refractivity contribution in [1.82, 2.24) is 14.9 Å². The van der Waals surface area contributed by atoms with Gasteiger partial charge in [-0.05, 0) is 72.6 Å². The summed E-state index contributed by atoms with van der Waals surface area (Å²) in [5.41, 5.74) is -1.97. The zero-order chi connectivity index (χ0) is 25.0. The summed E-state index contributed by atoms with van der Waals surface area (Å²) in [5, 5.41) is 3.09. The Labute approximate surface area is 197 Å². The van der Waals surface area contributed by atoms with Crippen LogP contribution >= 0.6 is 0 Å². The molecule has 1 aromatic heterocycles. The minimum atomic E-state index is -4.92. The molecule has 2 saturated carbocycles. The number of benzene rings is 2. The fraction of sp³-hybridized carbons (Fsp3) is 0.360. The van der Waals surface area contributed by atoms with Gasteiger partial charge < -0.3 is 5.32 Å². The highest BCUT2D eigenvalue weighted by atomic mass is 19.4. The van der Waals surface area contributed by atoms with Gasteiger partial charge in [0.2, 0.25) is 0 Å². The topological polar surface area (TPSA) is 46.9 Å². The maximum absolute atomic E-state index is 13.2. The monoisotopic (exact) mass is 493 g/mol. The molecule has 3 atom stereocenters. The van der Waals surface area contributed by atoms with Crippen molar-refractivity contribution in [3.05, 3.63) is 71.8 Å². The van der Waals surface area contributed by atoms with E-state index in [-0.39, 0.29) is 29.1 Å². The van der Waals surface area contributed by atoms with E-state index in [2.05, 4.69) is 10.3 Å². The molecule has 4 nitrogen and oxygen atoms in total. The van der Waals surface area contributed by atoms with Gasteiger partial charge in [0.05, 0.1) is 23.7 Å². The van der Waals surface area contributed by atoms with Crippen LogP contribution in [-0.2, 0) is 12.4 Å². The smallest absolute Gasteiger partial charge is 0.348 e. The number of carbonyl (C=O) groups is 1. The number of fused-ring (bicyclic) bond motifs is 2. The van der Waals surface area contributed by atoms with E-state index in [9.17, 15) is 31.1 Å². The van der Waals surface area contributed by atoms with E-state index in [1.54, 1.807) is 4.57 Å². The molecule has 2 bridgehead atoms. The Kier molecular flexibility index (Phi) is 5.64. The van der Waals surface area contributed by atoms with Crippen molar-refractivity contribution in [2.24, 2.45) is 11.8 Å². The number of imidazole rings is 1. The predicted octanol–water partition coefficient (Wildman–Crippen LogP) is 6.50. The molecule has 184 valence electrons. The second kappa shape index (κ2) is 8.42. The minimum absolute atomic E-state index is 0.102. The van der Waals surface area contributed by atoms with Crippen molar-refractivity contribution >= 4 is 5.91 Å². The Morgan fingerprint density at radius 3 is 2.09 bits per heavy atom. The molecular formula is C25H21F6N3O. The lowest BCUT2D eigenvalue weighted by Gasteiger charge is -2.23. The molecule has 2 fully saturated rings. The Balaban J connectivity index is 1.41. The molecule has 2 aliphatic carbocycles. The normalized spacial score (nSPS) is 21.9. The molecule has 0 saturated heterocycles. The average Bonchev–Trinajstić information content (AvgIpc) is 3.55. The van der Waals surface area contributed by atoms with E-state index >= 15 is 0 Å². The van der Waals surface area contributed by atoms with Crippen LogP contribution < -0.4 is 5.32 Å². The third kappa shape index (κ3) is 4.66. The second-order valence-electron chi connectivity index (χ2n) is 9.25. The molecule has 2 aliphatic rings. The number of alkyl halides is 6. The number of nitrogens with zero attached hydrogens (tertiary/aromatic N) is 2. The molecule has 0 radical (unpaired) electrons. The van der Waals surface area contributed by atoms with Gasteiger partial charge in [0.15, 0.2) is 0 Å². The summed E-state index contributed by atoms with van der Waals surface area (Å²) in [7, 11) is 0. The highest BCUT2D eigenvalue weighted by molar-refractivity contribution is 5.93. The predicted molar refractivity (Wildman–Crippen MR) is 116 cm³/mol. The maximum Gasteiger partial charge on any atom is 0.416 e. The average molecular weight is 493 g/mol. The summed E-state index contributed by atoms with van der Waals surface area (Å²) in [5.74, 6) is 0.891. The van der Waals surface area contributed by atoms with Crippen LogP contribution in [-0.4, -0.2) is 21.5 Å². The van der Waals surface area contributed by atoms with Gasteiger partial charge in [0, 0.05) is 11.7 Å². The number of halogens is 6. The van der Waals surface area contributed by atoms with E-state index in [1.807, 2.05) is 0 Å². The zero-order valence-corrected chi connectivity index (χ0v) is 18.3. The molecule has 10 heteroatoms. The fourth-order valence-electron chi connectivity index (χ4n) is 5.27. The molecule has 5 rings (SSSR count). The number of hydrogen-bond donors (Lipinski definition) is 1. The summed E-state index contributed by atoms with van der Waals surface area (Å²) in [6, 6.07) is 7.51. The van der Waals surface area contributed by atoms with Crippen molar-refractivity contribution in [2.45, 2.75) is 44.1 Å². The molecule has 3 aromatic rings. The zero-order valence-electron chi connectivity index (χ0n) is 18.3. The SMILES string of the molecule is O=C(N[C@H]1C[C@H]2CC[C@H]1C2)c1cncn1-c1ccc(-c2cc(C(F)(F)F)cc(C(F)(F)F)c2)cc1. The second-order valence-corrected chi connectivity index (χ2v) is 9.25. The Morgan fingerprint density at radius 2 is 1.54 bits per heavy atom. The van der Waals surface area contributed by atoms with Crippen LogP contribution in [0.2, 0.25) is 0 Å². The first kappa shape index (κ1) is 23.4.